The zero-order chi connectivity index (χ0) is 11.5. The van der Waals surface area contributed by atoms with Crippen LogP contribution in [0.15, 0.2) is 24.3 Å². The lowest BCUT2D eigenvalue weighted by molar-refractivity contribution is 0.344. The van der Waals surface area contributed by atoms with Crippen molar-refractivity contribution in [2.24, 2.45) is 0 Å². The van der Waals surface area contributed by atoms with Crippen molar-refractivity contribution in [2.45, 2.75) is 13.7 Å². The molecule has 0 spiro atoms. The summed E-state index contributed by atoms with van der Waals surface area (Å²) in [5, 5.41) is 9.48. The summed E-state index contributed by atoms with van der Waals surface area (Å²) < 4.78 is 0. The van der Waals surface area contributed by atoms with Crippen LogP contribution in [-0.2, 0) is 0 Å². The standard InChI is InChI=1S/C12H19BN2O/c1-11-3-5-12(6-4-11)14-7-9-15(10-8-14)13(2)16/h3-6,16H,7-10H2,1-2H3. The van der Waals surface area contributed by atoms with Crippen molar-refractivity contribution in [3.05, 3.63) is 29.8 Å². The average molecular weight is 218 g/mol. The predicted molar refractivity (Wildman–Crippen MR) is 68.8 cm³/mol. The molecular weight excluding hydrogens is 199 g/mol. The van der Waals surface area contributed by atoms with E-state index in [4.69, 9.17) is 0 Å². The molecule has 1 fully saturated rings. The van der Waals surface area contributed by atoms with Gasteiger partial charge in [0.25, 0.3) is 0 Å². The maximum Gasteiger partial charge on any atom is 0.376 e. The highest BCUT2D eigenvalue weighted by Gasteiger charge is 2.22. The Labute approximate surface area is 97.8 Å². The smallest absolute Gasteiger partial charge is 0.376 e. The molecule has 0 aliphatic carbocycles. The van der Waals surface area contributed by atoms with E-state index in [-0.39, 0.29) is 7.05 Å². The van der Waals surface area contributed by atoms with E-state index in [2.05, 4.69) is 40.9 Å². The zero-order valence-electron chi connectivity index (χ0n) is 10.1. The van der Waals surface area contributed by atoms with Crippen molar-refractivity contribution >= 4 is 12.7 Å². The first-order valence-electron chi connectivity index (χ1n) is 5.90. The number of aryl methyl sites for hydroxylation is 1. The molecule has 0 amide bonds. The van der Waals surface area contributed by atoms with Gasteiger partial charge in [0, 0.05) is 31.9 Å². The molecule has 1 aliphatic rings. The summed E-state index contributed by atoms with van der Waals surface area (Å²) in [5.41, 5.74) is 2.59. The Bertz CT molecular complexity index is 331. The second kappa shape index (κ2) is 4.89. The lowest BCUT2D eigenvalue weighted by Gasteiger charge is -2.36. The minimum Gasteiger partial charge on any atom is -0.437 e. The number of nitrogens with zero attached hydrogens (tertiary/aromatic N) is 2. The summed E-state index contributed by atoms with van der Waals surface area (Å²) in [7, 11) is -0.319. The molecule has 2 rings (SSSR count). The van der Waals surface area contributed by atoms with E-state index in [0.29, 0.717) is 0 Å². The quantitative estimate of drug-likeness (QED) is 0.756. The Morgan fingerprint density at radius 2 is 1.62 bits per heavy atom. The van der Waals surface area contributed by atoms with Gasteiger partial charge in [0.15, 0.2) is 0 Å². The first kappa shape index (κ1) is 11.5. The fourth-order valence-corrected chi connectivity index (χ4v) is 2.11. The van der Waals surface area contributed by atoms with E-state index in [0.717, 1.165) is 26.2 Å². The second-order valence-electron chi connectivity index (χ2n) is 4.49. The van der Waals surface area contributed by atoms with Crippen molar-refractivity contribution in [2.75, 3.05) is 31.1 Å². The van der Waals surface area contributed by atoms with Gasteiger partial charge in [-0.1, -0.05) is 17.7 Å². The van der Waals surface area contributed by atoms with Gasteiger partial charge in [-0.25, -0.2) is 0 Å². The molecule has 16 heavy (non-hydrogen) atoms. The molecule has 1 aromatic carbocycles. The molecule has 1 saturated heterocycles. The molecule has 0 aromatic heterocycles. The van der Waals surface area contributed by atoms with Crippen LogP contribution in [0.5, 0.6) is 0 Å². The number of anilines is 1. The normalized spacial score (nSPS) is 17.6. The van der Waals surface area contributed by atoms with Crippen LogP contribution in [0.25, 0.3) is 0 Å². The van der Waals surface area contributed by atoms with Crippen LogP contribution in [-0.4, -0.2) is 43.1 Å². The fraction of sp³-hybridized carbons (Fsp3) is 0.500. The summed E-state index contributed by atoms with van der Waals surface area (Å²) >= 11 is 0. The predicted octanol–water partition coefficient (Wildman–Crippen LogP) is 1.23. The Hall–Kier alpha value is -0.995. The van der Waals surface area contributed by atoms with Crippen LogP contribution < -0.4 is 4.90 Å². The highest BCUT2D eigenvalue weighted by Crippen LogP contribution is 2.17. The molecule has 86 valence electrons. The third kappa shape index (κ3) is 2.57. The Balaban J connectivity index is 1.96. The molecular formula is C12H19BN2O. The van der Waals surface area contributed by atoms with Gasteiger partial charge in [-0.2, -0.15) is 0 Å². The van der Waals surface area contributed by atoms with Gasteiger partial charge >= 0.3 is 7.05 Å². The number of rotatable bonds is 2. The number of hydrogen-bond acceptors (Lipinski definition) is 3. The maximum absolute atomic E-state index is 9.48. The summed E-state index contributed by atoms with van der Waals surface area (Å²) in [4.78, 5) is 4.48. The van der Waals surface area contributed by atoms with Crippen molar-refractivity contribution in [1.29, 1.82) is 0 Å². The molecule has 4 heteroatoms. The number of benzene rings is 1. The first-order chi connectivity index (χ1) is 7.66. The SMILES string of the molecule is CB(O)N1CCN(c2ccc(C)cc2)CC1. The molecule has 3 nitrogen and oxygen atoms in total. The van der Waals surface area contributed by atoms with Gasteiger partial charge in [-0.15, -0.1) is 0 Å². The highest BCUT2D eigenvalue weighted by atomic mass is 16.2. The first-order valence-corrected chi connectivity index (χ1v) is 5.90. The van der Waals surface area contributed by atoms with Crippen LogP contribution in [0.2, 0.25) is 6.82 Å². The van der Waals surface area contributed by atoms with Crippen molar-refractivity contribution < 1.29 is 5.02 Å². The van der Waals surface area contributed by atoms with Gasteiger partial charge in [-0.05, 0) is 25.9 Å². The monoisotopic (exact) mass is 218 g/mol. The van der Waals surface area contributed by atoms with Gasteiger partial charge in [0.2, 0.25) is 0 Å². The Morgan fingerprint density at radius 1 is 1.06 bits per heavy atom. The Kier molecular flexibility index (Phi) is 3.51. The summed E-state index contributed by atoms with van der Waals surface area (Å²) in [6.07, 6.45) is 0. The van der Waals surface area contributed by atoms with Gasteiger partial charge in [-0.3, -0.25) is 0 Å². The molecule has 0 radical (unpaired) electrons. The molecule has 0 saturated carbocycles. The van der Waals surface area contributed by atoms with Crippen molar-refractivity contribution in [3.63, 3.8) is 0 Å². The van der Waals surface area contributed by atoms with Crippen LogP contribution >= 0.6 is 0 Å². The third-order valence-corrected chi connectivity index (χ3v) is 3.24. The lowest BCUT2D eigenvalue weighted by Crippen LogP contribution is -2.51. The third-order valence-electron chi connectivity index (χ3n) is 3.24. The van der Waals surface area contributed by atoms with E-state index in [1.54, 1.807) is 0 Å². The fourth-order valence-electron chi connectivity index (χ4n) is 2.11. The summed E-state index contributed by atoms with van der Waals surface area (Å²) in [6, 6.07) is 8.65. The minimum atomic E-state index is -0.319. The topological polar surface area (TPSA) is 26.7 Å². The van der Waals surface area contributed by atoms with E-state index < -0.39 is 0 Å². The van der Waals surface area contributed by atoms with Crippen LogP contribution in [0.4, 0.5) is 5.69 Å². The van der Waals surface area contributed by atoms with Crippen molar-refractivity contribution in [3.8, 4) is 0 Å². The highest BCUT2D eigenvalue weighted by molar-refractivity contribution is 6.45. The largest absolute Gasteiger partial charge is 0.437 e. The molecule has 1 heterocycles. The average Bonchev–Trinajstić information content (AvgIpc) is 2.30. The van der Waals surface area contributed by atoms with Crippen LogP contribution in [0.1, 0.15) is 5.56 Å². The molecule has 1 aliphatic heterocycles. The van der Waals surface area contributed by atoms with E-state index in [1.807, 2.05) is 6.82 Å². The van der Waals surface area contributed by atoms with E-state index in [1.165, 1.54) is 11.3 Å². The molecule has 1 N–H and O–H groups in total. The van der Waals surface area contributed by atoms with Gasteiger partial charge in [0.05, 0.1) is 0 Å². The van der Waals surface area contributed by atoms with E-state index in [9.17, 15) is 5.02 Å². The number of piperazine rings is 1. The van der Waals surface area contributed by atoms with Crippen LogP contribution in [0, 0.1) is 6.92 Å². The Morgan fingerprint density at radius 3 is 2.12 bits per heavy atom. The molecule has 0 atom stereocenters. The molecule has 1 aromatic rings. The lowest BCUT2D eigenvalue weighted by atomic mass is 9.84. The summed E-state index contributed by atoms with van der Waals surface area (Å²) in [5.74, 6) is 0. The maximum atomic E-state index is 9.48. The molecule has 0 unspecified atom stereocenters. The van der Waals surface area contributed by atoms with Crippen molar-refractivity contribution in [1.82, 2.24) is 4.81 Å². The summed E-state index contributed by atoms with van der Waals surface area (Å²) in [6.45, 7) is 7.80. The second-order valence-corrected chi connectivity index (χ2v) is 4.49. The minimum absolute atomic E-state index is 0.319. The zero-order valence-corrected chi connectivity index (χ0v) is 10.1. The van der Waals surface area contributed by atoms with E-state index >= 15 is 0 Å². The van der Waals surface area contributed by atoms with Gasteiger partial charge < -0.3 is 14.7 Å². The number of hydrogen-bond donors (Lipinski definition) is 1. The molecule has 0 bridgehead atoms. The van der Waals surface area contributed by atoms with Crippen LogP contribution in [0.3, 0.4) is 0 Å². The van der Waals surface area contributed by atoms with Gasteiger partial charge in [0.1, 0.15) is 0 Å².